The largest absolute Gasteiger partial charge is 0.458 e. The van der Waals surface area contributed by atoms with Gasteiger partial charge in [0, 0.05) is 109 Å². The Morgan fingerprint density at radius 1 is 0.464 bits per heavy atom. The Balaban J connectivity index is 0.000000251. The summed E-state index contributed by atoms with van der Waals surface area (Å²) in [5.74, 6) is 8.93. The number of carbonyl (C=O) groups is 2. The minimum Gasteiger partial charge on any atom is -0.458 e. The highest BCUT2D eigenvalue weighted by Crippen LogP contribution is 2.61. The number of piperazine rings is 2. The zero-order chi connectivity index (χ0) is 93.3. The summed E-state index contributed by atoms with van der Waals surface area (Å²) in [6, 6.07) is 15.3. The SMILES string of the molecule is CCOC(=O)C(=O)OCC.CCOC(OCC)OCC.CN1CCN(c2nc3cc(Cl)c(F)cc3n3cnnc23)CC1.CN1CCNCC1.Fc1cc2c(cc1Cl)nc(Cl)c1nncn12.Fc1cc2nc(Cl)c(Cl)nc2cc1Cl.NN.NNc1nc2cc(F)c(Cl)cc2nc1Cl.Nc1cc(F)c(Cl)cc1N.O=P(Cl)(Cl)Cl.O=c1[nH]c2cc(F)c(Cl)cc2[nH]c1=O. The normalized spacial score (nSPS) is 12.4. The summed E-state index contributed by atoms with van der Waals surface area (Å²) in [5, 5.41) is 16.0. The molecular formula is C71H76Cl13F6N24O10P. The molecular weight excluding hydrogens is 1950 g/mol. The summed E-state index contributed by atoms with van der Waals surface area (Å²) >= 11 is 70.3. The molecule has 0 bridgehead atoms. The number of hydrazine groups is 2. The molecule has 6 aromatic carbocycles. The molecule has 2 aliphatic heterocycles. The van der Waals surface area contributed by atoms with Crippen LogP contribution in [0.3, 0.4) is 0 Å². The fraction of sp³-hybridized carbons (Fsp3) is 0.296. The molecule has 0 aliphatic carbocycles. The molecule has 15 rings (SSSR count). The molecule has 34 nitrogen and oxygen atoms in total. The minimum atomic E-state index is -3.22. The summed E-state index contributed by atoms with van der Waals surface area (Å²) < 4.78 is 115. The predicted octanol–water partition coefficient (Wildman–Crippen LogP) is 15.9. The molecule has 0 atom stereocenters. The number of benzene rings is 6. The molecule has 13 aromatic rings. The standard InChI is InChI=1S/C14H14ClFN6.C9H3Cl2FN4.C8H2Cl3FN2.C8H5Cl2FN4.C8H4ClFN2O2.C7H16O3.C6H6ClFN2.C6H10O4.C5H12N2.Cl3OP.H4N2/c1-20-2-4-21(5-3-20)13-14-19-17-8-22(14)12-7-10(16)9(15)6-11(12)18-13;10-4-1-6-7(2-5(4)12)16-3-13-15-9(16)8(11)14-6;9-3-1-5-6(2-4(3)12)14-8(11)7(10)13-5;9-3-1-5-6(2-4(3)11)14-8(15-12)7(10)13-5;9-3-1-5-6(2-4(3)10)12-8(14)7(13)11-5;1-4-8-7(9-5-2)10-6-3;7-3-1-5(9)6(10)2-4(3)8;1-3-9-5(7)6(8)10-4-2;1-7-4-2-6-3-5-7;1-5(2,3)4;1-2/h6-8H,2-5H2,1H3;1-3H;1-2H;1-2H,12H2,(H,14,15);1-2H,(H,11,13)(H,12,14);7H,4-6H2,1-3H3;1-2H,9-10H2;3-4H2,1-2H3;6H,2-5H2,1H3;;1-2H2. The highest BCUT2D eigenvalue weighted by molar-refractivity contribution is 8.24. The second kappa shape index (κ2) is 53.0. The molecule has 7 aromatic heterocycles. The van der Waals surface area contributed by atoms with Crippen LogP contribution in [-0.4, -0.2) is 197 Å². The molecule has 9 heterocycles. The molecule has 54 heteroatoms. The van der Waals surface area contributed by atoms with Gasteiger partial charge in [0.2, 0.25) is 5.65 Å². The zero-order valence-corrected chi connectivity index (χ0v) is 76.9. The van der Waals surface area contributed by atoms with Crippen LogP contribution in [-0.2, 0) is 37.8 Å². The van der Waals surface area contributed by atoms with E-state index in [1.54, 1.807) is 35.0 Å². The van der Waals surface area contributed by atoms with Crippen LogP contribution in [0.2, 0.25) is 50.7 Å². The average Bonchev–Trinajstić information content (AvgIpc) is 1.67. The third kappa shape index (κ3) is 33.8. The Labute approximate surface area is 770 Å². The van der Waals surface area contributed by atoms with E-state index in [1.165, 1.54) is 67.9 Å². The molecule has 0 saturated carbocycles. The number of nitrogens with zero attached hydrogens (tertiary/aromatic N) is 15. The number of aromatic nitrogens is 14. The van der Waals surface area contributed by atoms with Crippen LogP contribution in [0.25, 0.3) is 66.5 Å². The second-order valence-corrected chi connectivity index (χ2v) is 34.7. The number of ether oxygens (including phenoxy) is 5. The molecule has 125 heavy (non-hydrogen) atoms. The molecule has 0 amide bonds. The van der Waals surface area contributed by atoms with Crippen molar-refractivity contribution < 1.29 is 64.2 Å². The van der Waals surface area contributed by atoms with E-state index in [0.29, 0.717) is 86.5 Å². The Bertz CT molecular complexity index is 5750. The number of nitrogen functional groups attached to an aromatic ring is 3. The van der Waals surface area contributed by atoms with Gasteiger partial charge in [-0.2, -0.15) is 0 Å². The Hall–Kier alpha value is -8.08. The highest BCUT2D eigenvalue weighted by atomic mass is 36.0. The molecule has 2 saturated heterocycles. The lowest BCUT2D eigenvalue weighted by molar-refractivity contribution is -0.282. The lowest BCUT2D eigenvalue weighted by Gasteiger charge is -2.33. The lowest BCUT2D eigenvalue weighted by atomic mass is 10.2. The molecule has 678 valence electrons. The highest BCUT2D eigenvalue weighted by Gasteiger charge is 2.23. The molecule has 14 N–H and O–H groups in total. The van der Waals surface area contributed by atoms with Crippen molar-refractivity contribution in [1.82, 2.24) is 84.2 Å². The van der Waals surface area contributed by atoms with Gasteiger partial charge in [0.15, 0.2) is 37.9 Å². The number of carbonyl (C=O) groups excluding carboxylic acids is 2. The number of hydrogen-bond donors (Lipinski definition) is 9. The average molecular weight is 2030 g/mol. The predicted molar refractivity (Wildman–Crippen MR) is 479 cm³/mol. The van der Waals surface area contributed by atoms with E-state index in [-0.39, 0.29) is 81.0 Å². The van der Waals surface area contributed by atoms with E-state index >= 15 is 0 Å². The fourth-order valence-electron chi connectivity index (χ4n) is 9.81. The number of rotatable bonds is 10. The van der Waals surface area contributed by atoms with Crippen LogP contribution < -0.4 is 55.8 Å². The second-order valence-electron chi connectivity index (χ2n) is 24.2. The van der Waals surface area contributed by atoms with Crippen LogP contribution >= 0.6 is 155 Å². The van der Waals surface area contributed by atoms with E-state index in [2.05, 4.69) is 155 Å². The van der Waals surface area contributed by atoms with Gasteiger partial charge < -0.3 is 70.6 Å². The van der Waals surface area contributed by atoms with Crippen molar-refractivity contribution in [2.24, 2.45) is 17.5 Å². The minimum absolute atomic E-state index is 0.00323. The number of H-pyrrole nitrogens is 2. The first-order valence-corrected chi connectivity index (χ1v) is 43.9. The first kappa shape index (κ1) is 107. The van der Waals surface area contributed by atoms with Gasteiger partial charge in [0.25, 0.3) is 6.48 Å². The number of fused-ring (bicyclic) bond motifs is 9. The molecule has 0 spiro atoms. The fourth-order valence-corrected chi connectivity index (χ4v) is 11.5. The van der Waals surface area contributed by atoms with E-state index in [9.17, 15) is 50.1 Å². The number of hydrogen-bond acceptors (Lipinski definition) is 30. The zero-order valence-electron chi connectivity index (χ0n) is 66.2. The number of likely N-dealkylation sites (N-methyl/N-ethyl adjacent to an activating group) is 2. The number of esters is 2. The van der Waals surface area contributed by atoms with Crippen molar-refractivity contribution in [2.45, 2.75) is 41.1 Å². The van der Waals surface area contributed by atoms with Crippen molar-refractivity contribution in [3.8, 4) is 0 Å². The lowest BCUT2D eigenvalue weighted by Crippen LogP contribution is -2.45. The third-order valence-corrected chi connectivity index (χ3v) is 18.4. The van der Waals surface area contributed by atoms with Gasteiger partial charge in [0.1, 0.15) is 47.6 Å². The maximum atomic E-state index is 13.8. The molecule has 0 unspecified atom stereocenters. The summed E-state index contributed by atoms with van der Waals surface area (Å²) in [7, 11) is 4.25. The summed E-state index contributed by atoms with van der Waals surface area (Å²) in [5.41, 5.74) is 17.0. The number of anilines is 4. The van der Waals surface area contributed by atoms with Crippen molar-refractivity contribution in [1.29, 1.82) is 0 Å². The summed E-state index contributed by atoms with van der Waals surface area (Å²) in [6.45, 7) is 19.1. The van der Waals surface area contributed by atoms with Gasteiger partial charge in [-0.1, -0.05) is 116 Å². The third-order valence-electron chi connectivity index (χ3n) is 15.6. The summed E-state index contributed by atoms with van der Waals surface area (Å²) in [6.07, 6.45) is 3.02. The van der Waals surface area contributed by atoms with Crippen molar-refractivity contribution in [3.05, 3.63) is 192 Å². The Kier molecular flexibility index (Phi) is 45.6. The van der Waals surface area contributed by atoms with Crippen molar-refractivity contribution in [3.63, 3.8) is 0 Å². The van der Waals surface area contributed by atoms with Crippen molar-refractivity contribution in [2.75, 3.05) is 121 Å². The maximum absolute atomic E-state index is 13.8. The number of nitrogens with two attached hydrogens (primary N) is 5. The number of aromatic amines is 2. The van der Waals surface area contributed by atoms with Crippen LogP contribution in [0, 0.1) is 34.9 Å². The van der Waals surface area contributed by atoms with Crippen LogP contribution in [0.4, 0.5) is 49.4 Å². The maximum Gasteiger partial charge on any atom is 0.417 e. The van der Waals surface area contributed by atoms with Gasteiger partial charge in [-0.05, 0) is 119 Å². The first-order chi connectivity index (χ1) is 59.1. The molecule has 2 fully saturated rings. The first-order valence-electron chi connectivity index (χ1n) is 35.7. The molecule has 2 aliphatic rings. The van der Waals surface area contributed by atoms with E-state index in [1.807, 2.05) is 20.8 Å². The monoisotopic (exact) mass is 2020 g/mol. The van der Waals surface area contributed by atoms with Gasteiger partial charge in [-0.3, -0.25) is 34.6 Å². The molecule has 0 radical (unpaired) electrons. The topological polar surface area (TPSA) is 465 Å². The van der Waals surface area contributed by atoms with Crippen LogP contribution in [0.5, 0.6) is 0 Å². The van der Waals surface area contributed by atoms with Crippen LogP contribution in [0.1, 0.15) is 34.6 Å². The Morgan fingerprint density at radius 2 is 0.816 bits per heavy atom. The van der Waals surface area contributed by atoms with Crippen LogP contribution in [0.15, 0.2) is 95.0 Å². The summed E-state index contributed by atoms with van der Waals surface area (Å²) in [4.78, 5) is 78.3. The smallest absolute Gasteiger partial charge is 0.417 e. The van der Waals surface area contributed by atoms with E-state index < -0.39 is 69.6 Å². The van der Waals surface area contributed by atoms with Gasteiger partial charge >= 0.3 is 28.3 Å². The van der Waals surface area contributed by atoms with Gasteiger partial charge in [-0.15, -0.1) is 20.4 Å². The number of nitrogens with one attached hydrogen (secondary N) is 4. The Morgan fingerprint density at radius 3 is 1.25 bits per heavy atom. The van der Waals surface area contributed by atoms with Gasteiger partial charge in [-0.25, -0.2) is 71.7 Å². The van der Waals surface area contributed by atoms with Crippen molar-refractivity contribution >= 4 is 256 Å². The van der Waals surface area contributed by atoms with E-state index in [4.69, 9.17) is 148 Å². The van der Waals surface area contributed by atoms with E-state index in [0.717, 1.165) is 63.3 Å². The quantitative estimate of drug-likeness (QED) is 0.00897. The number of halogens is 19. The van der Waals surface area contributed by atoms with Gasteiger partial charge in [0.05, 0.1) is 110 Å².